The highest BCUT2D eigenvalue weighted by molar-refractivity contribution is 5.59. The predicted octanol–water partition coefficient (Wildman–Crippen LogP) is 2.01. The van der Waals surface area contributed by atoms with Gasteiger partial charge in [0.2, 0.25) is 0 Å². The van der Waals surface area contributed by atoms with Gasteiger partial charge in [-0.1, -0.05) is 0 Å². The maximum Gasteiger partial charge on any atom is 0.146 e. The fourth-order valence-corrected chi connectivity index (χ4v) is 2.17. The first-order valence-corrected chi connectivity index (χ1v) is 4.99. The third kappa shape index (κ3) is 1.08. The van der Waals surface area contributed by atoms with E-state index in [1.165, 1.54) is 18.9 Å². The van der Waals surface area contributed by atoms with Crippen LogP contribution in [0.25, 0.3) is 0 Å². The van der Waals surface area contributed by atoms with Crippen LogP contribution in [0.3, 0.4) is 0 Å². The largest absolute Gasteiger partial charge is 0.396 e. The molecule has 0 aromatic heterocycles. The molecule has 14 heavy (non-hydrogen) atoms. The quantitative estimate of drug-likeness (QED) is 0.690. The summed E-state index contributed by atoms with van der Waals surface area (Å²) >= 11 is 0. The summed E-state index contributed by atoms with van der Waals surface area (Å²) in [6.45, 7) is 2.25. The van der Waals surface area contributed by atoms with Gasteiger partial charge in [0, 0.05) is 24.2 Å². The van der Waals surface area contributed by atoms with Crippen LogP contribution >= 0.6 is 0 Å². The minimum Gasteiger partial charge on any atom is -0.396 e. The summed E-state index contributed by atoms with van der Waals surface area (Å²) in [6, 6.07) is 4.98. The summed E-state index contributed by atoms with van der Waals surface area (Å²) in [5.74, 6) is -0.324. The second-order valence-electron chi connectivity index (χ2n) is 4.56. The molecule has 0 amide bonds. The zero-order chi connectivity index (χ0) is 9.76. The monoisotopic (exact) mass is 192 g/mol. The molecule has 2 nitrogen and oxygen atoms in total. The van der Waals surface area contributed by atoms with Gasteiger partial charge in [-0.25, -0.2) is 4.39 Å². The number of halogens is 1. The minimum absolute atomic E-state index is 0.249. The predicted molar refractivity (Wildman–Crippen MR) is 54.7 cm³/mol. The van der Waals surface area contributed by atoms with E-state index in [2.05, 4.69) is 4.90 Å². The lowest BCUT2D eigenvalue weighted by molar-refractivity contribution is 0.387. The van der Waals surface area contributed by atoms with Crippen LogP contribution < -0.4 is 10.6 Å². The maximum absolute atomic E-state index is 12.9. The molecule has 2 aliphatic rings. The van der Waals surface area contributed by atoms with Crippen LogP contribution in [0.4, 0.5) is 15.8 Å². The molecular weight excluding hydrogens is 179 g/mol. The van der Waals surface area contributed by atoms with Gasteiger partial charge in [-0.15, -0.1) is 0 Å². The van der Waals surface area contributed by atoms with Crippen LogP contribution in [-0.2, 0) is 0 Å². The second kappa shape index (κ2) is 2.41. The van der Waals surface area contributed by atoms with Crippen molar-refractivity contribution >= 4 is 11.4 Å². The Kier molecular flexibility index (Phi) is 1.39. The van der Waals surface area contributed by atoms with Crippen molar-refractivity contribution in [2.45, 2.75) is 12.8 Å². The average molecular weight is 192 g/mol. The Morgan fingerprint density at radius 3 is 2.57 bits per heavy atom. The molecule has 0 atom stereocenters. The number of hydrogen-bond acceptors (Lipinski definition) is 2. The third-order valence-corrected chi connectivity index (χ3v) is 3.35. The number of nitrogens with zero attached hydrogens (tertiary/aromatic N) is 1. The molecule has 1 aliphatic heterocycles. The van der Waals surface area contributed by atoms with Crippen molar-refractivity contribution in [1.82, 2.24) is 0 Å². The molecule has 0 unspecified atom stereocenters. The van der Waals surface area contributed by atoms with Crippen LogP contribution in [0.1, 0.15) is 12.8 Å². The highest BCUT2D eigenvalue weighted by atomic mass is 19.1. The molecule has 1 saturated carbocycles. The lowest BCUT2D eigenvalue weighted by Gasteiger charge is -2.42. The Labute approximate surface area is 82.5 Å². The summed E-state index contributed by atoms with van der Waals surface area (Å²) in [5, 5.41) is 0. The van der Waals surface area contributed by atoms with Crippen molar-refractivity contribution in [1.29, 1.82) is 0 Å². The van der Waals surface area contributed by atoms with Gasteiger partial charge in [-0.2, -0.15) is 0 Å². The molecule has 0 radical (unpaired) electrons. The van der Waals surface area contributed by atoms with E-state index in [1.807, 2.05) is 0 Å². The van der Waals surface area contributed by atoms with Gasteiger partial charge in [-0.3, -0.25) is 0 Å². The SMILES string of the molecule is Nc1cc(N2CC3(CC3)C2)ccc1F. The normalized spacial score (nSPS) is 22.2. The molecule has 1 spiro atoms. The van der Waals surface area contributed by atoms with E-state index in [-0.39, 0.29) is 11.5 Å². The molecular formula is C11H13FN2. The van der Waals surface area contributed by atoms with E-state index in [1.54, 1.807) is 12.1 Å². The smallest absolute Gasteiger partial charge is 0.146 e. The molecule has 1 saturated heterocycles. The summed E-state index contributed by atoms with van der Waals surface area (Å²) in [5.41, 5.74) is 7.45. The fourth-order valence-electron chi connectivity index (χ4n) is 2.17. The van der Waals surface area contributed by atoms with Gasteiger partial charge in [0.05, 0.1) is 5.69 Å². The summed E-state index contributed by atoms with van der Waals surface area (Å²) < 4.78 is 12.9. The molecule has 1 heterocycles. The lowest BCUT2D eigenvalue weighted by Crippen LogP contribution is -2.48. The minimum atomic E-state index is -0.324. The number of nitrogens with two attached hydrogens (primary N) is 1. The van der Waals surface area contributed by atoms with Crippen molar-refractivity contribution in [3.63, 3.8) is 0 Å². The van der Waals surface area contributed by atoms with Crippen LogP contribution in [0.2, 0.25) is 0 Å². The zero-order valence-corrected chi connectivity index (χ0v) is 7.96. The Hall–Kier alpha value is -1.25. The first-order chi connectivity index (χ1) is 6.69. The fraction of sp³-hybridized carbons (Fsp3) is 0.455. The molecule has 2 fully saturated rings. The number of benzene rings is 1. The molecule has 3 heteroatoms. The molecule has 1 aromatic rings. The zero-order valence-electron chi connectivity index (χ0n) is 7.96. The lowest BCUT2D eigenvalue weighted by atomic mass is 9.96. The number of anilines is 2. The van der Waals surface area contributed by atoms with Crippen LogP contribution in [-0.4, -0.2) is 13.1 Å². The first-order valence-electron chi connectivity index (χ1n) is 4.99. The molecule has 1 aromatic carbocycles. The van der Waals surface area contributed by atoms with Crippen molar-refractivity contribution in [2.75, 3.05) is 23.7 Å². The van der Waals surface area contributed by atoms with Crippen molar-refractivity contribution in [2.24, 2.45) is 5.41 Å². The molecule has 74 valence electrons. The van der Waals surface area contributed by atoms with Crippen molar-refractivity contribution in [3.8, 4) is 0 Å². The molecule has 0 bridgehead atoms. The Morgan fingerprint density at radius 1 is 1.29 bits per heavy atom. The van der Waals surface area contributed by atoms with Crippen LogP contribution in [0.5, 0.6) is 0 Å². The summed E-state index contributed by atoms with van der Waals surface area (Å²) in [7, 11) is 0. The third-order valence-electron chi connectivity index (χ3n) is 3.35. The van der Waals surface area contributed by atoms with Gasteiger partial charge < -0.3 is 10.6 Å². The number of rotatable bonds is 1. The van der Waals surface area contributed by atoms with Gasteiger partial charge >= 0.3 is 0 Å². The Bertz CT molecular complexity index is 377. The van der Waals surface area contributed by atoms with Crippen LogP contribution in [0, 0.1) is 11.2 Å². The molecule has 1 aliphatic carbocycles. The summed E-state index contributed by atoms with van der Waals surface area (Å²) in [4.78, 5) is 2.27. The van der Waals surface area contributed by atoms with E-state index in [4.69, 9.17) is 5.73 Å². The van der Waals surface area contributed by atoms with E-state index >= 15 is 0 Å². The van der Waals surface area contributed by atoms with E-state index in [9.17, 15) is 4.39 Å². The van der Waals surface area contributed by atoms with E-state index < -0.39 is 0 Å². The average Bonchev–Trinajstić information content (AvgIpc) is 2.87. The number of hydrogen-bond donors (Lipinski definition) is 1. The van der Waals surface area contributed by atoms with Gasteiger partial charge in [-0.05, 0) is 31.0 Å². The first kappa shape index (κ1) is 8.09. The Morgan fingerprint density at radius 2 is 2.00 bits per heavy atom. The Balaban J connectivity index is 1.80. The van der Waals surface area contributed by atoms with Gasteiger partial charge in [0.1, 0.15) is 5.82 Å². The van der Waals surface area contributed by atoms with E-state index in [0.717, 1.165) is 18.8 Å². The highest BCUT2D eigenvalue weighted by Crippen LogP contribution is 2.53. The standard InChI is InChI=1S/C11H13FN2/c12-9-2-1-8(5-10(9)13)14-6-11(7-14)3-4-11/h1-2,5H,3-4,6-7,13H2. The highest BCUT2D eigenvalue weighted by Gasteiger charge is 2.52. The van der Waals surface area contributed by atoms with E-state index in [0.29, 0.717) is 5.41 Å². The maximum atomic E-state index is 12.9. The van der Waals surface area contributed by atoms with Crippen molar-refractivity contribution < 1.29 is 4.39 Å². The summed E-state index contributed by atoms with van der Waals surface area (Å²) in [6.07, 6.45) is 2.72. The van der Waals surface area contributed by atoms with Crippen LogP contribution in [0.15, 0.2) is 18.2 Å². The van der Waals surface area contributed by atoms with Gasteiger partial charge in [0.25, 0.3) is 0 Å². The second-order valence-corrected chi connectivity index (χ2v) is 4.56. The van der Waals surface area contributed by atoms with Crippen molar-refractivity contribution in [3.05, 3.63) is 24.0 Å². The topological polar surface area (TPSA) is 29.3 Å². The molecule has 2 N–H and O–H groups in total. The molecule has 3 rings (SSSR count). The number of nitrogen functional groups attached to an aromatic ring is 1. The van der Waals surface area contributed by atoms with Gasteiger partial charge in [0.15, 0.2) is 0 Å².